The average Bonchev–Trinajstić information content (AvgIpc) is 2.68. The Morgan fingerprint density at radius 1 is 1.07 bits per heavy atom. The lowest BCUT2D eigenvalue weighted by Crippen LogP contribution is -2.52. The summed E-state index contributed by atoms with van der Waals surface area (Å²) in [4.78, 5) is 12.8. The van der Waals surface area contributed by atoms with Gasteiger partial charge in [-0.3, -0.25) is 4.79 Å². The van der Waals surface area contributed by atoms with Gasteiger partial charge in [-0.15, -0.1) is 0 Å². The molecule has 27 heavy (non-hydrogen) atoms. The second-order valence-electron chi connectivity index (χ2n) is 7.13. The van der Waals surface area contributed by atoms with E-state index in [1.165, 1.54) is 4.31 Å². The number of aryl methyl sites for hydroxylation is 1. The lowest BCUT2D eigenvalue weighted by atomic mass is 9.98. The predicted octanol–water partition coefficient (Wildman–Crippen LogP) is 3.23. The van der Waals surface area contributed by atoms with Gasteiger partial charge < -0.3 is 5.32 Å². The first-order chi connectivity index (χ1) is 12.8. The number of carbonyl (C=O) groups excluding carboxylic acids is 1. The van der Waals surface area contributed by atoms with Gasteiger partial charge in [0.25, 0.3) is 0 Å². The van der Waals surface area contributed by atoms with Crippen LogP contribution in [0.5, 0.6) is 0 Å². The molecule has 0 aromatic heterocycles. The summed E-state index contributed by atoms with van der Waals surface area (Å²) < 4.78 is 27.8. The van der Waals surface area contributed by atoms with Gasteiger partial charge >= 0.3 is 0 Å². The molecule has 1 unspecified atom stereocenters. The van der Waals surface area contributed by atoms with Gasteiger partial charge in [0.2, 0.25) is 15.9 Å². The monoisotopic (exact) mass is 386 g/mol. The maximum atomic E-state index is 13.2. The van der Waals surface area contributed by atoms with Gasteiger partial charge in [-0.2, -0.15) is 4.31 Å². The molecule has 1 saturated heterocycles. The smallest absolute Gasteiger partial charge is 0.244 e. The fourth-order valence-electron chi connectivity index (χ4n) is 3.32. The van der Waals surface area contributed by atoms with Crippen LogP contribution in [0.25, 0.3) is 0 Å². The summed E-state index contributed by atoms with van der Waals surface area (Å²) in [7, 11) is -3.77. The maximum absolute atomic E-state index is 13.2. The van der Waals surface area contributed by atoms with E-state index in [0.29, 0.717) is 18.0 Å². The molecular formula is C21H26N2O3S. The van der Waals surface area contributed by atoms with E-state index < -0.39 is 16.1 Å². The van der Waals surface area contributed by atoms with Crippen molar-refractivity contribution in [3.63, 3.8) is 0 Å². The van der Waals surface area contributed by atoms with E-state index in [4.69, 9.17) is 0 Å². The van der Waals surface area contributed by atoms with E-state index in [9.17, 15) is 13.2 Å². The van der Waals surface area contributed by atoms with Crippen LogP contribution in [0.3, 0.4) is 0 Å². The van der Waals surface area contributed by atoms with Crippen molar-refractivity contribution in [2.45, 2.75) is 44.0 Å². The van der Waals surface area contributed by atoms with Crippen molar-refractivity contribution in [2.24, 2.45) is 0 Å². The van der Waals surface area contributed by atoms with Gasteiger partial charge in [-0.05, 0) is 41.2 Å². The quantitative estimate of drug-likeness (QED) is 0.858. The van der Waals surface area contributed by atoms with Crippen molar-refractivity contribution < 1.29 is 13.2 Å². The van der Waals surface area contributed by atoms with Gasteiger partial charge in [0.05, 0.1) is 4.90 Å². The highest BCUT2D eigenvalue weighted by atomic mass is 32.2. The summed E-state index contributed by atoms with van der Waals surface area (Å²) >= 11 is 0. The van der Waals surface area contributed by atoms with Gasteiger partial charge in [-0.1, -0.05) is 57.2 Å². The largest absolute Gasteiger partial charge is 0.353 e. The normalized spacial score (nSPS) is 18.5. The molecule has 1 N–H and O–H groups in total. The van der Waals surface area contributed by atoms with E-state index >= 15 is 0 Å². The molecule has 1 heterocycles. The topological polar surface area (TPSA) is 66.5 Å². The molecule has 1 aliphatic rings. The number of sulfonamides is 1. The first-order valence-corrected chi connectivity index (χ1v) is 10.8. The molecule has 5 nitrogen and oxygen atoms in total. The molecular weight excluding hydrogens is 360 g/mol. The SMILES string of the molecule is CCc1ccc(S(=O)(=O)N2CCNC(=O)C2c2ccc(C(C)C)cc2)cc1. The van der Waals surface area contributed by atoms with Crippen molar-refractivity contribution >= 4 is 15.9 Å². The van der Waals surface area contributed by atoms with Gasteiger partial charge in [0, 0.05) is 13.1 Å². The van der Waals surface area contributed by atoms with E-state index in [0.717, 1.165) is 17.5 Å². The molecule has 2 aromatic carbocycles. The van der Waals surface area contributed by atoms with E-state index in [1.54, 1.807) is 12.1 Å². The van der Waals surface area contributed by atoms with Gasteiger partial charge in [0.1, 0.15) is 6.04 Å². The summed E-state index contributed by atoms with van der Waals surface area (Å²) in [5, 5.41) is 2.79. The Balaban J connectivity index is 1.98. The molecule has 144 valence electrons. The molecule has 0 aliphatic carbocycles. The van der Waals surface area contributed by atoms with Crippen LogP contribution in [-0.2, 0) is 21.2 Å². The number of nitrogens with one attached hydrogen (secondary N) is 1. The van der Waals surface area contributed by atoms with Crippen LogP contribution in [0.1, 0.15) is 49.4 Å². The highest BCUT2D eigenvalue weighted by Gasteiger charge is 2.39. The Kier molecular flexibility index (Phi) is 5.67. The zero-order valence-corrected chi connectivity index (χ0v) is 16.8. The molecule has 0 spiro atoms. The molecule has 0 bridgehead atoms. The third kappa shape index (κ3) is 3.92. The number of nitrogens with zero attached hydrogens (tertiary/aromatic N) is 1. The van der Waals surface area contributed by atoms with Crippen molar-refractivity contribution in [1.82, 2.24) is 9.62 Å². The van der Waals surface area contributed by atoms with Crippen LogP contribution >= 0.6 is 0 Å². The molecule has 2 aromatic rings. The van der Waals surface area contributed by atoms with Crippen LogP contribution in [-0.4, -0.2) is 31.7 Å². The minimum absolute atomic E-state index is 0.221. The van der Waals surface area contributed by atoms with Crippen LogP contribution < -0.4 is 5.32 Å². The van der Waals surface area contributed by atoms with Crippen molar-refractivity contribution in [3.8, 4) is 0 Å². The lowest BCUT2D eigenvalue weighted by molar-refractivity contribution is -0.126. The zero-order chi connectivity index (χ0) is 19.6. The molecule has 0 saturated carbocycles. The third-order valence-electron chi connectivity index (χ3n) is 5.02. The second-order valence-corrected chi connectivity index (χ2v) is 9.02. The number of benzene rings is 2. The first kappa shape index (κ1) is 19.6. The number of amides is 1. The van der Waals surface area contributed by atoms with Crippen LogP contribution in [0.2, 0.25) is 0 Å². The summed E-state index contributed by atoms with van der Waals surface area (Å²) in [6, 6.07) is 13.7. The molecule has 0 radical (unpaired) electrons. The molecule has 1 amide bonds. The molecule has 6 heteroatoms. The lowest BCUT2D eigenvalue weighted by Gasteiger charge is -2.34. The van der Waals surface area contributed by atoms with Crippen molar-refractivity contribution in [2.75, 3.05) is 13.1 Å². The Bertz CT molecular complexity index is 903. The minimum atomic E-state index is -3.77. The minimum Gasteiger partial charge on any atom is -0.353 e. The predicted molar refractivity (Wildman–Crippen MR) is 106 cm³/mol. The zero-order valence-electron chi connectivity index (χ0n) is 16.0. The van der Waals surface area contributed by atoms with Crippen molar-refractivity contribution in [3.05, 3.63) is 65.2 Å². The van der Waals surface area contributed by atoms with Crippen molar-refractivity contribution in [1.29, 1.82) is 0 Å². The fourth-order valence-corrected chi connectivity index (χ4v) is 4.90. The Hall–Kier alpha value is -2.18. The maximum Gasteiger partial charge on any atom is 0.244 e. The van der Waals surface area contributed by atoms with E-state index in [1.807, 2.05) is 43.3 Å². The van der Waals surface area contributed by atoms with Gasteiger partial charge in [0.15, 0.2) is 0 Å². The highest BCUT2D eigenvalue weighted by molar-refractivity contribution is 7.89. The molecule has 3 rings (SSSR count). The summed E-state index contributed by atoms with van der Waals surface area (Å²) in [5.74, 6) is 0.0865. The van der Waals surface area contributed by atoms with Crippen LogP contribution in [0, 0.1) is 0 Å². The Morgan fingerprint density at radius 2 is 1.70 bits per heavy atom. The van der Waals surface area contributed by atoms with Crippen LogP contribution in [0.4, 0.5) is 0 Å². The number of carbonyl (C=O) groups is 1. The Labute approximate surface area is 161 Å². The highest BCUT2D eigenvalue weighted by Crippen LogP contribution is 2.30. The number of hydrogen-bond donors (Lipinski definition) is 1. The first-order valence-electron chi connectivity index (χ1n) is 9.33. The van der Waals surface area contributed by atoms with E-state index in [-0.39, 0.29) is 17.3 Å². The van der Waals surface area contributed by atoms with Gasteiger partial charge in [-0.25, -0.2) is 8.42 Å². The molecule has 1 atom stereocenters. The Morgan fingerprint density at radius 3 is 2.26 bits per heavy atom. The summed E-state index contributed by atoms with van der Waals surface area (Å²) in [6.45, 7) is 6.78. The van der Waals surface area contributed by atoms with E-state index in [2.05, 4.69) is 19.2 Å². The number of hydrogen-bond acceptors (Lipinski definition) is 3. The van der Waals surface area contributed by atoms with Crippen LogP contribution in [0.15, 0.2) is 53.4 Å². The third-order valence-corrected chi connectivity index (χ3v) is 6.90. The number of rotatable bonds is 5. The summed E-state index contributed by atoms with van der Waals surface area (Å²) in [5.41, 5.74) is 2.91. The second kappa shape index (κ2) is 7.82. The fraction of sp³-hybridized carbons (Fsp3) is 0.381. The molecule has 1 aliphatic heterocycles. The standard InChI is InChI=1S/C21H26N2O3S/c1-4-16-5-11-19(12-6-16)27(25,26)23-14-13-22-21(24)20(23)18-9-7-17(8-10-18)15(2)3/h5-12,15,20H,4,13-14H2,1-3H3,(H,22,24). The summed E-state index contributed by atoms with van der Waals surface area (Å²) in [6.07, 6.45) is 0.845. The number of piperazine rings is 1. The molecule has 1 fully saturated rings. The average molecular weight is 387 g/mol.